The molecule has 3 aromatic rings. The molecule has 0 bridgehead atoms. The number of aromatic nitrogens is 2. The second-order valence-corrected chi connectivity index (χ2v) is 6.16. The van der Waals surface area contributed by atoms with Crippen molar-refractivity contribution in [3.05, 3.63) is 65.9 Å². The van der Waals surface area contributed by atoms with Gasteiger partial charge in [0, 0.05) is 16.8 Å². The van der Waals surface area contributed by atoms with E-state index in [0.717, 1.165) is 17.1 Å². The van der Waals surface area contributed by atoms with Gasteiger partial charge in [-0.25, -0.2) is 4.68 Å². The zero-order chi connectivity index (χ0) is 18.4. The quantitative estimate of drug-likeness (QED) is 0.611. The van der Waals surface area contributed by atoms with Crippen LogP contribution in [0.3, 0.4) is 0 Å². The highest BCUT2D eigenvalue weighted by molar-refractivity contribution is 7.80. The van der Waals surface area contributed by atoms with Crippen molar-refractivity contribution < 1.29 is 9.47 Å². The summed E-state index contributed by atoms with van der Waals surface area (Å²) in [5.74, 6) is 1.43. The zero-order valence-electron chi connectivity index (χ0n) is 14.0. The lowest BCUT2D eigenvalue weighted by Crippen LogP contribution is -2.18. The van der Waals surface area contributed by atoms with Crippen LogP contribution in [-0.2, 0) is 6.73 Å². The van der Waals surface area contributed by atoms with E-state index in [1.54, 1.807) is 36.3 Å². The summed E-state index contributed by atoms with van der Waals surface area (Å²) in [7, 11) is 1.62. The van der Waals surface area contributed by atoms with E-state index in [-0.39, 0.29) is 6.73 Å². The zero-order valence-corrected chi connectivity index (χ0v) is 15.6. The summed E-state index contributed by atoms with van der Waals surface area (Å²) >= 11 is 11.2. The van der Waals surface area contributed by atoms with E-state index in [0.29, 0.717) is 15.9 Å². The highest BCUT2D eigenvalue weighted by Gasteiger charge is 2.04. The molecular formula is C18H17ClN4O2S. The number of benzene rings is 2. The lowest BCUT2D eigenvalue weighted by atomic mass is 10.3. The summed E-state index contributed by atoms with van der Waals surface area (Å²) in [5, 5.41) is 11.5. The van der Waals surface area contributed by atoms with E-state index in [1.807, 2.05) is 36.4 Å². The van der Waals surface area contributed by atoms with Gasteiger partial charge < -0.3 is 20.1 Å². The van der Waals surface area contributed by atoms with Gasteiger partial charge in [-0.1, -0.05) is 23.7 Å². The Morgan fingerprint density at radius 1 is 1.12 bits per heavy atom. The summed E-state index contributed by atoms with van der Waals surface area (Å²) in [6.45, 7) is 0.262. The fraction of sp³-hybridized carbons (Fsp3) is 0.111. The van der Waals surface area contributed by atoms with Crippen molar-refractivity contribution in [1.29, 1.82) is 0 Å². The number of nitrogens with zero attached hydrogens (tertiary/aromatic N) is 2. The van der Waals surface area contributed by atoms with Crippen molar-refractivity contribution in [2.75, 3.05) is 17.7 Å². The van der Waals surface area contributed by atoms with Gasteiger partial charge in [0.1, 0.15) is 11.5 Å². The lowest BCUT2D eigenvalue weighted by molar-refractivity contribution is 0.221. The lowest BCUT2D eigenvalue weighted by Gasteiger charge is -2.10. The molecule has 6 nitrogen and oxygen atoms in total. The maximum Gasteiger partial charge on any atom is 0.180 e. The van der Waals surface area contributed by atoms with Gasteiger partial charge in [-0.15, -0.1) is 0 Å². The fourth-order valence-corrected chi connectivity index (χ4v) is 2.61. The average Bonchev–Trinajstić information content (AvgIpc) is 3.07. The van der Waals surface area contributed by atoms with Crippen LogP contribution in [0.1, 0.15) is 0 Å². The molecule has 3 rings (SSSR count). The van der Waals surface area contributed by atoms with E-state index in [1.165, 1.54) is 0 Å². The molecule has 0 saturated carbocycles. The Kier molecular flexibility index (Phi) is 5.93. The van der Waals surface area contributed by atoms with Crippen molar-refractivity contribution in [1.82, 2.24) is 9.78 Å². The molecule has 0 aliphatic carbocycles. The predicted octanol–water partition coefficient (Wildman–Crippen LogP) is 4.39. The maximum absolute atomic E-state index is 5.93. The Morgan fingerprint density at radius 3 is 2.69 bits per heavy atom. The van der Waals surface area contributed by atoms with Gasteiger partial charge in [0.2, 0.25) is 0 Å². The molecule has 0 aliphatic heterocycles. The first-order valence-corrected chi connectivity index (χ1v) is 8.54. The number of methoxy groups -OCH3 is 1. The maximum atomic E-state index is 5.93. The molecule has 0 amide bonds. The van der Waals surface area contributed by atoms with Crippen molar-refractivity contribution in [3.8, 4) is 11.5 Å². The number of rotatable bonds is 6. The summed E-state index contributed by atoms with van der Waals surface area (Å²) in [6, 6.07) is 14.7. The van der Waals surface area contributed by atoms with Gasteiger partial charge in [-0.2, -0.15) is 5.10 Å². The van der Waals surface area contributed by atoms with Gasteiger partial charge in [0.15, 0.2) is 11.8 Å². The molecular weight excluding hydrogens is 372 g/mol. The van der Waals surface area contributed by atoms with E-state index in [4.69, 9.17) is 33.3 Å². The van der Waals surface area contributed by atoms with E-state index >= 15 is 0 Å². The molecule has 0 atom stereocenters. The Labute approximate surface area is 161 Å². The Bertz CT molecular complexity index is 900. The molecule has 8 heteroatoms. The molecule has 0 spiro atoms. The molecule has 0 saturated heterocycles. The van der Waals surface area contributed by atoms with Crippen LogP contribution in [0.15, 0.2) is 60.9 Å². The molecule has 2 aromatic carbocycles. The van der Waals surface area contributed by atoms with Crippen molar-refractivity contribution in [3.63, 3.8) is 0 Å². The smallest absolute Gasteiger partial charge is 0.180 e. The summed E-state index contributed by atoms with van der Waals surface area (Å²) in [6.07, 6.45) is 3.46. The number of anilines is 2. The van der Waals surface area contributed by atoms with Crippen LogP contribution in [0, 0.1) is 0 Å². The number of hydrogen-bond donors (Lipinski definition) is 2. The second kappa shape index (κ2) is 8.55. The number of ether oxygens (including phenoxy) is 2. The minimum atomic E-state index is 0.262. The van der Waals surface area contributed by atoms with Crippen LogP contribution in [0.4, 0.5) is 11.4 Å². The second-order valence-electron chi connectivity index (χ2n) is 5.31. The summed E-state index contributed by atoms with van der Waals surface area (Å²) in [4.78, 5) is 0. The van der Waals surface area contributed by atoms with Crippen LogP contribution in [-0.4, -0.2) is 22.0 Å². The van der Waals surface area contributed by atoms with Gasteiger partial charge in [-0.05, 0) is 42.5 Å². The van der Waals surface area contributed by atoms with E-state index in [2.05, 4.69) is 15.7 Å². The first kappa shape index (κ1) is 18.0. The molecule has 2 N–H and O–H groups in total. The Hall–Kier alpha value is -2.77. The first-order chi connectivity index (χ1) is 12.6. The van der Waals surface area contributed by atoms with Crippen molar-refractivity contribution in [2.24, 2.45) is 0 Å². The van der Waals surface area contributed by atoms with Crippen molar-refractivity contribution in [2.45, 2.75) is 6.73 Å². The summed E-state index contributed by atoms with van der Waals surface area (Å²) < 4.78 is 12.5. The number of nitrogens with one attached hydrogen (secondary N) is 2. The van der Waals surface area contributed by atoms with Gasteiger partial charge in [-0.3, -0.25) is 0 Å². The van der Waals surface area contributed by atoms with Crippen LogP contribution in [0.2, 0.25) is 5.02 Å². The predicted molar refractivity (Wildman–Crippen MR) is 107 cm³/mol. The van der Waals surface area contributed by atoms with Gasteiger partial charge in [0.05, 0.1) is 25.2 Å². The number of hydrogen-bond acceptors (Lipinski definition) is 4. The van der Waals surface area contributed by atoms with Crippen LogP contribution in [0.5, 0.6) is 11.5 Å². The monoisotopic (exact) mass is 388 g/mol. The minimum absolute atomic E-state index is 0.262. The SMILES string of the molecule is COc1cccc(NC(=S)Nc2cnn(COc3cccc(Cl)c3)c2)c1. The Morgan fingerprint density at radius 2 is 1.88 bits per heavy atom. The van der Waals surface area contributed by atoms with Gasteiger partial charge in [0.25, 0.3) is 0 Å². The van der Waals surface area contributed by atoms with Crippen LogP contribution >= 0.6 is 23.8 Å². The molecule has 0 radical (unpaired) electrons. The molecule has 26 heavy (non-hydrogen) atoms. The number of halogens is 1. The third kappa shape index (κ3) is 5.11. The highest BCUT2D eigenvalue weighted by Crippen LogP contribution is 2.18. The molecule has 1 aromatic heterocycles. The first-order valence-electron chi connectivity index (χ1n) is 7.75. The van der Waals surface area contributed by atoms with Crippen molar-refractivity contribution >= 4 is 40.3 Å². The van der Waals surface area contributed by atoms with Crippen LogP contribution < -0.4 is 20.1 Å². The third-order valence-corrected chi connectivity index (χ3v) is 3.82. The largest absolute Gasteiger partial charge is 0.497 e. The molecule has 1 heterocycles. The van der Waals surface area contributed by atoms with E-state index in [9.17, 15) is 0 Å². The van der Waals surface area contributed by atoms with E-state index < -0.39 is 0 Å². The molecule has 134 valence electrons. The molecule has 0 aliphatic rings. The van der Waals surface area contributed by atoms with Gasteiger partial charge >= 0.3 is 0 Å². The Balaban J connectivity index is 1.53. The fourth-order valence-electron chi connectivity index (χ4n) is 2.19. The average molecular weight is 389 g/mol. The summed E-state index contributed by atoms with van der Waals surface area (Å²) in [5.41, 5.74) is 1.58. The third-order valence-electron chi connectivity index (χ3n) is 3.38. The van der Waals surface area contributed by atoms with Crippen LogP contribution in [0.25, 0.3) is 0 Å². The normalized spacial score (nSPS) is 10.2. The molecule has 0 fully saturated rings. The standard InChI is InChI=1S/C18H17ClN4O2S/c1-24-16-6-3-5-14(9-16)21-18(26)22-15-10-20-23(11-15)12-25-17-7-2-4-13(19)8-17/h2-11H,12H2,1H3,(H2,21,22,26). The number of thiocarbonyl (C=S) groups is 1. The highest BCUT2D eigenvalue weighted by atomic mass is 35.5. The minimum Gasteiger partial charge on any atom is -0.497 e. The molecule has 0 unspecified atom stereocenters. The topological polar surface area (TPSA) is 60.3 Å².